The van der Waals surface area contributed by atoms with Gasteiger partial charge < -0.3 is 5.32 Å². The first-order valence-electron chi connectivity index (χ1n) is 10.2. The number of thioether (sulfide) groups is 1. The zero-order valence-corrected chi connectivity index (χ0v) is 21.8. The van der Waals surface area contributed by atoms with E-state index in [9.17, 15) is 9.59 Å². The summed E-state index contributed by atoms with van der Waals surface area (Å²) >= 11 is 8.68. The maximum Gasteiger partial charge on any atom is 0.284 e. The number of hydrogen-bond donors (Lipinski definition) is 1. The maximum atomic E-state index is 13.4. The van der Waals surface area contributed by atoms with Gasteiger partial charge in [0.25, 0.3) is 11.5 Å². The molecule has 0 spiro atoms. The second kappa shape index (κ2) is 10.6. The predicted molar refractivity (Wildman–Crippen MR) is 142 cm³/mol. The van der Waals surface area contributed by atoms with Crippen molar-refractivity contribution in [3.8, 4) is 5.69 Å². The van der Waals surface area contributed by atoms with E-state index in [-0.39, 0.29) is 11.1 Å². The number of nitrogens with one attached hydrogen (secondary N) is 1. The van der Waals surface area contributed by atoms with Gasteiger partial charge in [-0.2, -0.15) is 0 Å². The number of allylic oxidation sites excluding steroid dienone is 5. The summed E-state index contributed by atoms with van der Waals surface area (Å²) < 4.78 is 5.14. The number of hydrogen-bond acceptors (Lipinski definition) is 3. The van der Waals surface area contributed by atoms with Crippen LogP contribution in [0.15, 0.2) is 103 Å². The molecule has 1 aliphatic rings. The number of nitrogens with zero attached hydrogens (tertiary/aromatic N) is 2. The molecule has 0 atom stereocenters. The summed E-state index contributed by atoms with van der Waals surface area (Å²) in [5.41, 5.74) is 2.03. The summed E-state index contributed by atoms with van der Waals surface area (Å²) in [5.74, 6) is -0.436. The highest BCUT2D eigenvalue weighted by Crippen LogP contribution is 2.21. The summed E-state index contributed by atoms with van der Waals surface area (Å²) in [6.07, 6.45) is 12.2. The fraction of sp³-hybridized carbons (Fsp3) is 0.120. The Morgan fingerprint density at radius 3 is 2.58 bits per heavy atom. The van der Waals surface area contributed by atoms with Gasteiger partial charge in [0.2, 0.25) is 0 Å². The van der Waals surface area contributed by atoms with E-state index >= 15 is 0 Å². The highest BCUT2D eigenvalue weighted by Gasteiger charge is 2.20. The molecule has 0 saturated carbocycles. The Balaban J connectivity index is 1.73. The minimum absolute atomic E-state index is 0.0811. The van der Waals surface area contributed by atoms with E-state index in [0.29, 0.717) is 17.9 Å². The van der Waals surface area contributed by atoms with E-state index in [1.165, 1.54) is 9.59 Å². The third-order valence-electron chi connectivity index (χ3n) is 5.15. The van der Waals surface area contributed by atoms with Crippen LogP contribution in [0.5, 0.6) is 0 Å². The number of amides is 1. The topological polar surface area (TPSA) is 56.0 Å². The average Bonchev–Trinajstić information content (AvgIpc) is 2.97. The van der Waals surface area contributed by atoms with Crippen molar-refractivity contribution < 1.29 is 4.79 Å². The third-order valence-corrected chi connectivity index (χ3v) is 7.28. The minimum Gasteiger partial charge on any atom is -0.322 e. The highest BCUT2D eigenvalue weighted by molar-refractivity contribution is 9.10. The van der Waals surface area contributed by atoms with E-state index < -0.39 is 5.91 Å². The summed E-state index contributed by atoms with van der Waals surface area (Å²) in [4.78, 5) is 27.7. The van der Waals surface area contributed by atoms with Gasteiger partial charge in [0, 0.05) is 20.8 Å². The van der Waals surface area contributed by atoms with Gasteiger partial charge in [-0.3, -0.25) is 14.3 Å². The molecule has 1 heterocycles. The number of halogens is 2. The molecule has 0 fully saturated rings. The molecule has 1 N–H and O–H groups in total. The Morgan fingerprint density at radius 1 is 1.09 bits per heavy atom. The summed E-state index contributed by atoms with van der Waals surface area (Å²) in [7, 11) is 0. The van der Waals surface area contributed by atoms with Gasteiger partial charge in [-0.1, -0.05) is 62.2 Å². The lowest BCUT2D eigenvalue weighted by atomic mass is 10.2. The smallest absolute Gasteiger partial charge is 0.284 e. The lowest BCUT2D eigenvalue weighted by Gasteiger charge is -2.13. The van der Waals surface area contributed by atoms with Crippen molar-refractivity contribution >= 4 is 49.5 Å². The molecule has 3 aromatic rings. The second-order valence-corrected chi connectivity index (χ2v) is 10.0. The molecular formula is C25H21Br2N3O2S. The molecule has 0 radical (unpaired) electrons. The number of carbonyl (C=O) groups excluding carboxylic acids is 1. The van der Waals surface area contributed by atoms with Crippen LogP contribution >= 0.6 is 43.6 Å². The molecule has 1 aliphatic carbocycles. The number of aromatic nitrogens is 2. The minimum atomic E-state index is -0.436. The highest BCUT2D eigenvalue weighted by atomic mass is 79.9. The molecule has 33 heavy (non-hydrogen) atoms. The molecule has 1 aromatic heterocycles. The lowest BCUT2D eigenvalue weighted by molar-refractivity contribution is 0.0966. The molecule has 1 amide bonds. The van der Waals surface area contributed by atoms with Crippen molar-refractivity contribution in [3.63, 3.8) is 0 Å². The fourth-order valence-corrected chi connectivity index (χ4v) is 4.60. The molecule has 0 bridgehead atoms. The van der Waals surface area contributed by atoms with Gasteiger partial charge in [0.05, 0.1) is 12.2 Å². The van der Waals surface area contributed by atoms with Gasteiger partial charge in [-0.25, -0.2) is 4.68 Å². The van der Waals surface area contributed by atoms with Crippen LogP contribution in [0.4, 0.5) is 0 Å². The molecule has 0 aliphatic heterocycles. The molecule has 0 saturated heterocycles. The first-order valence-corrected chi connectivity index (χ1v) is 13.0. The van der Waals surface area contributed by atoms with Crippen LogP contribution in [0.3, 0.4) is 0 Å². The monoisotopic (exact) mass is 585 g/mol. The van der Waals surface area contributed by atoms with Crippen LogP contribution in [0.25, 0.3) is 5.69 Å². The quantitative estimate of drug-likeness (QED) is 0.383. The third kappa shape index (κ3) is 5.51. The Morgan fingerprint density at radius 2 is 1.85 bits per heavy atom. The Hall–Kier alpha value is -2.55. The van der Waals surface area contributed by atoms with Gasteiger partial charge >= 0.3 is 0 Å². The molecule has 4 rings (SSSR count). The predicted octanol–water partition coefficient (Wildman–Crippen LogP) is 6.03. The van der Waals surface area contributed by atoms with Crippen LogP contribution in [-0.2, 0) is 6.54 Å². The number of rotatable bonds is 6. The Bertz CT molecular complexity index is 1330. The zero-order chi connectivity index (χ0) is 23.4. The lowest BCUT2D eigenvalue weighted by Crippen LogP contribution is -2.29. The zero-order valence-electron chi connectivity index (χ0n) is 17.8. The SMILES string of the molecule is CSC1=CC=C(NC(=O)c2cn(Cc3ccccc3Br)n(-c3ccc(Br)cc3)c2=O)C=CC1. The molecule has 8 heteroatoms. The van der Waals surface area contributed by atoms with E-state index in [1.807, 2.05) is 79.1 Å². The van der Waals surface area contributed by atoms with Crippen molar-refractivity contribution in [2.45, 2.75) is 13.0 Å². The molecule has 168 valence electrons. The summed E-state index contributed by atoms with van der Waals surface area (Å²) in [5, 5.41) is 2.88. The molecule has 5 nitrogen and oxygen atoms in total. The fourth-order valence-electron chi connectivity index (χ4n) is 3.46. The molecule has 2 aromatic carbocycles. The van der Waals surface area contributed by atoms with Gasteiger partial charge in [0.15, 0.2) is 0 Å². The number of carbonyl (C=O) groups is 1. The van der Waals surface area contributed by atoms with E-state index in [2.05, 4.69) is 37.2 Å². The van der Waals surface area contributed by atoms with Crippen LogP contribution in [0.1, 0.15) is 22.3 Å². The van der Waals surface area contributed by atoms with Crippen LogP contribution < -0.4 is 10.9 Å². The van der Waals surface area contributed by atoms with Gasteiger partial charge in [-0.05, 0) is 65.6 Å². The second-order valence-electron chi connectivity index (χ2n) is 7.34. The normalized spacial score (nSPS) is 13.3. The van der Waals surface area contributed by atoms with Crippen molar-refractivity contribution in [2.24, 2.45) is 0 Å². The standard InChI is InChI=1S/C25H21Br2N3O2S/c1-33-21-7-4-6-19(11-14-21)28-24(31)22-16-29(15-17-5-2-3-8-23(17)27)30(25(22)32)20-12-9-18(26)10-13-20/h2-6,8-14,16H,7,15H2,1H3,(H,28,31). The van der Waals surface area contributed by atoms with Crippen LogP contribution in [0.2, 0.25) is 0 Å². The van der Waals surface area contributed by atoms with Crippen molar-refractivity contribution in [1.82, 2.24) is 14.7 Å². The molecular weight excluding hydrogens is 566 g/mol. The first kappa shape index (κ1) is 23.6. The van der Waals surface area contributed by atoms with Gasteiger partial charge in [0.1, 0.15) is 5.56 Å². The number of benzene rings is 2. The summed E-state index contributed by atoms with van der Waals surface area (Å²) in [6.45, 7) is 0.419. The van der Waals surface area contributed by atoms with Crippen molar-refractivity contribution in [3.05, 3.63) is 120 Å². The van der Waals surface area contributed by atoms with Crippen molar-refractivity contribution in [1.29, 1.82) is 0 Å². The molecule has 0 unspecified atom stereocenters. The maximum absolute atomic E-state index is 13.4. The van der Waals surface area contributed by atoms with Crippen molar-refractivity contribution in [2.75, 3.05) is 6.26 Å². The van der Waals surface area contributed by atoms with Gasteiger partial charge in [-0.15, -0.1) is 11.8 Å². The Labute approximate surface area is 213 Å². The first-order chi connectivity index (χ1) is 16.0. The largest absolute Gasteiger partial charge is 0.322 e. The van der Waals surface area contributed by atoms with E-state index in [4.69, 9.17) is 0 Å². The van der Waals surface area contributed by atoms with Crippen LogP contribution in [-0.4, -0.2) is 21.5 Å². The van der Waals surface area contributed by atoms with E-state index in [1.54, 1.807) is 22.6 Å². The summed E-state index contributed by atoms with van der Waals surface area (Å²) in [6, 6.07) is 15.2. The van der Waals surface area contributed by atoms with Crippen LogP contribution in [0, 0.1) is 0 Å². The Kier molecular flexibility index (Phi) is 7.57. The average molecular weight is 587 g/mol. The van der Waals surface area contributed by atoms with E-state index in [0.717, 1.165) is 20.9 Å².